The van der Waals surface area contributed by atoms with Crippen molar-refractivity contribution >= 4 is 48.4 Å². The van der Waals surface area contributed by atoms with Gasteiger partial charge in [0, 0.05) is 3.92 Å². The number of thioether (sulfide) groups is 1. The van der Waals surface area contributed by atoms with Crippen molar-refractivity contribution in [3.8, 4) is 6.07 Å². The Morgan fingerprint density at radius 3 is 2.55 bits per heavy atom. The quantitative estimate of drug-likeness (QED) is 0.252. The molecule has 0 radical (unpaired) electrons. The van der Waals surface area contributed by atoms with Crippen LogP contribution in [0.2, 0.25) is 0 Å². The highest BCUT2D eigenvalue weighted by atomic mass is 127. The van der Waals surface area contributed by atoms with Crippen molar-refractivity contribution in [1.29, 1.82) is 5.26 Å². The number of carbonyl (C=O) groups excluding carboxylic acids is 1. The molecule has 0 aliphatic carbocycles. The van der Waals surface area contributed by atoms with E-state index in [1.165, 1.54) is 11.8 Å². The third-order valence-corrected chi connectivity index (χ3v) is 9.33. The summed E-state index contributed by atoms with van der Waals surface area (Å²) >= 11 is 3.41. The SMILES string of the molecule is CCOP(=O)(OCC)[C@@]1(C#N)C[C@H](I)[C@H](COC=O)S1. The maximum atomic E-state index is 12.9. The largest absolute Gasteiger partial charge is 0.467 e. The Labute approximate surface area is 136 Å². The molecule has 0 bridgehead atoms. The van der Waals surface area contributed by atoms with Crippen molar-refractivity contribution in [2.45, 2.75) is 33.9 Å². The number of hydrogen-bond acceptors (Lipinski definition) is 7. The van der Waals surface area contributed by atoms with Gasteiger partial charge in [0.05, 0.1) is 24.5 Å². The van der Waals surface area contributed by atoms with Gasteiger partial charge < -0.3 is 13.8 Å². The molecule has 1 fully saturated rings. The first-order chi connectivity index (χ1) is 9.48. The number of carbonyl (C=O) groups is 1. The topological polar surface area (TPSA) is 85.6 Å². The van der Waals surface area contributed by atoms with E-state index in [-0.39, 0.29) is 29.0 Å². The standard InChI is InChI=1S/C11H17INO5PS/c1-3-17-19(15,18-4-2)11(7-13)5-9(12)10(20-11)6-16-8-14/h8-10H,3-6H2,1-2H3/t9-,10-,11-/m0/s1. The first-order valence-electron chi connectivity index (χ1n) is 6.16. The highest BCUT2D eigenvalue weighted by Gasteiger charge is 2.59. The lowest BCUT2D eigenvalue weighted by Crippen LogP contribution is -2.23. The predicted octanol–water partition coefficient (Wildman–Crippen LogP) is 2.95. The molecule has 0 aromatic carbocycles. The van der Waals surface area contributed by atoms with Crippen LogP contribution in [-0.2, 0) is 23.1 Å². The number of ether oxygens (including phenoxy) is 1. The van der Waals surface area contributed by atoms with Crippen molar-refractivity contribution in [2.24, 2.45) is 0 Å². The van der Waals surface area contributed by atoms with E-state index in [0.717, 1.165) is 0 Å². The van der Waals surface area contributed by atoms with Crippen molar-refractivity contribution in [2.75, 3.05) is 19.8 Å². The Kier molecular flexibility index (Phi) is 7.29. The van der Waals surface area contributed by atoms with Gasteiger partial charge in [-0.1, -0.05) is 22.6 Å². The van der Waals surface area contributed by atoms with Crippen LogP contribution in [0.3, 0.4) is 0 Å². The summed E-state index contributed by atoms with van der Waals surface area (Å²) < 4.78 is 27.2. The third kappa shape index (κ3) is 3.69. The van der Waals surface area contributed by atoms with E-state index in [1.807, 2.05) is 0 Å². The van der Waals surface area contributed by atoms with Crippen LogP contribution < -0.4 is 0 Å². The van der Waals surface area contributed by atoms with Gasteiger partial charge in [-0.2, -0.15) is 5.26 Å². The summed E-state index contributed by atoms with van der Waals surface area (Å²) in [7, 11) is -3.55. The summed E-state index contributed by atoms with van der Waals surface area (Å²) in [6.45, 7) is 4.41. The number of hydrogen-bond donors (Lipinski definition) is 0. The first kappa shape index (κ1) is 18.2. The van der Waals surface area contributed by atoms with E-state index in [9.17, 15) is 14.6 Å². The molecule has 0 aromatic rings. The van der Waals surface area contributed by atoms with E-state index >= 15 is 0 Å². The van der Waals surface area contributed by atoms with Crippen molar-refractivity contribution in [3.63, 3.8) is 0 Å². The molecule has 1 rings (SSSR count). The highest BCUT2D eigenvalue weighted by molar-refractivity contribution is 14.1. The summed E-state index contributed by atoms with van der Waals surface area (Å²) in [5.41, 5.74) is 0. The van der Waals surface area contributed by atoms with Gasteiger partial charge in [-0.25, -0.2) is 0 Å². The molecule has 1 saturated heterocycles. The molecular weight excluding hydrogens is 416 g/mol. The molecule has 3 atom stereocenters. The van der Waals surface area contributed by atoms with Crippen LogP contribution in [0.5, 0.6) is 0 Å². The van der Waals surface area contributed by atoms with Gasteiger partial charge in [0.25, 0.3) is 6.47 Å². The van der Waals surface area contributed by atoms with Crippen LogP contribution in [0.15, 0.2) is 0 Å². The van der Waals surface area contributed by atoms with Crippen LogP contribution in [-0.4, -0.2) is 40.0 Å². The monoisotopic (exact) mass is 433 g/mol. The fourth-order valence-corrected chi connectivity index (χ4v) is 8.06. The summed E-state index contributed by atoms with van der Waals surface area (Å²) in [6, 6.07) is 2.13. The summed E-state index contributed by atoms with van der Waals surface area (Å²) in [5.74, 6) is 0. The lowest BCUT2D eigenvalue weighted by Gasteiger charge is -2.29. The fourth-order valence-electron chi connectivity index (χ4n) is 1.94. The first-order valence-corrected chi connectivity index (χ1v) is 9.83. The number of nitrogens with zero attached hydrogens (tertiary/aromatic N) is 1. The number of rotatable bonds is 8. The average molecular weight is 433 g/mol. The van der Waals surface area contributed by atoms with Crippen molar-refractivity contribution in [1.82, 2.24) is 0 Å². The Morgan fingerprint density at radius 2 is 2.10 bits per heavy atom. The molecule has 0 aromatic heterocycles. The van der Waals surface area contributed by atoms with Crippen LogP contribution in [0.1, 0.15) is 20.3 Å². The van der Waals surface area contributed by atoms with E-state index in [4.69, 9.17) is 13.8 Å². The Balaban J connectivity index is 3.00. The molecule has 0 spiro atoms. The minimum atomic E-state index is -3.55. The molecule has 0 unspecified atom stereocenters. The summed E-state index contributed by atoms with van der Waals surface area (Å²) in [5, 5.41) is 9.45. The molecule has 1 aliphatic heterocycles. The second kappa shape index (κ2) is 7.99. The lowest BCUT2D eigenvalue weighted by molar-refractivity contribution is -0.128. The number of halogens is 1. The Hall–Kier alpha value is 0.190. The predicted molar refractivity (Wildman–Crippen MR) is 85.0 cm³/mol. The van der Waals surface area contributed by atoms with Crippen LogP contribution >= 0.6 is 41.9 Å². The zero-order valence-corrected chi connectivity index (χ0v) is 15.2. The lowest BCUT2D eigenvalue weighted by atomic mass is 10.2. The molecule has 1 heterocycles. The van der Waals surface area contributed by atoms with E-state index in [1.54, 1.807) is 13.8 Å². The summed E-state index contributed by atoms with van der Waals surface area (Å²) in [6.07, 6.45) is 0.374. The summed E-state index contributed by atoms with van der Waals surface area (Å²) in [4.78, 5) is 10.3. The van der Waals surface area contributed by atoms with Gasteiger partial charge in [0.15, 0.2) is 0 Å². The van der Waals surface area contributed by atoms with Crippen molar-refractivity contribution < 1.29 is 23.1 Å². The molecule has 0 amide bonds. The Morgan fingerprint density at radius 1 is 1.50 bits per heavy atom. The Bertz CT molecular complexity index is 422. The zero-order chi connectivity index (χ0) is 15.2. The number of alkyl halides is 1. The second-order valence-electron chi connectivity index (χ2n) is 4.04. The van der Waals surface area contributed by atoms with Gasteiger partial charge in [0.2, 0.25) is 4.49 Å². The van der Waals surface area contributed by atoms with E-state index in [0.29, 0.717) is 12.9 Å². The molecule has 9 heteroatoms. The molecule has 20 heavy (non-hydrogen) atoms. The molecule has 6 nitrogen and oxygen atoms in total. The highest BCUT2D eigenvalue weighted by Crippen LogP contribution is 2.70. The third-order valence-electron chi connectivity index (χ3n) is 2.77. The van der Waals surface area contributed by atoms with E-state index < -0.39 is 12.1 Å². The maximum absolute atomic E-state index is 12.9. The van der Waals surface area contributed by atoms with Crippen LogP contribution in [0, 0.1) is 11.3 Å². The van der Waals surface area contributed by atoms with Crippen LogP contribution in [0.25, 0.3) is 0 Å². The average Bonchev–Trinajstić information content (AvgIpc) is 2.75. The normalized spacial score (nSPS) is 29.9. The zero-order valence-electron chi connectivity index (χ0n) is 11.3. The molecule has 114 valence electrons. The fraction of sp³-hybridized carbons (Fsp3) is 0.818. The van der Waals surface area contributed by atoms with Gasteiger partial charge in [0.1, 0.15) is 6.61 Å². The van der Waals surface area contributed by atoms with Gasteiger partial charge in [-0.15, -0.1) is 11.8 Å². The number of nitriles is 1. The van der Waals surface area contributed by atoms with Crippen molar-refractivity contribution in [3.05, 3.63) is 0 Å². The molecule has 0 saturated carbocycles. The molecule has 1 aliphatic rings. The van der Waals surface area contributed by atoms with Gasteiger partial charge in [-0.3, -0.25) is 9.36 Å². The van der Waals surface area contributed by atoms with Crippen LogP contribution in [0.4, 0.5) is 0 Å². The van der Waals surface area contributed by atoms with Gasteiger partial charge in [-0.05, 0) is 20.3 Å². The van der Waals surface area contributed by atoms with E-state index in [2.05, 4.69) is 28.7 Å². The van der Waals surface area contributed by atoms with Gasteiger partial charge >= 0.3 is 7.60 Å². The maximum Gasteiger partial charge on any atom is 0.360 e. The molecular formula is C11H17INO5PS. The molecule has 0 N–H and O–H groups in total. The minimum absolute atomic E-state index is 0.0476. The second-order valence-corrected chi connectivity index (χ2v) is 9.75. The minimum Gasteiger partial charge on any atom is -0.467 e. The smallest absolute Gasteiger partial charge is 0.360 e.